The Bertz CT molecular complexity index is 548. The average molecular weight is 273 g/mol. The summed E-state index contributed by atoms with van der Waals surface area (Å²) in [4.78, 5) is 0. The van der Waals surface area contributed by atoms with Crippen LogP contribution in [-0.2, 0) is 19.6 Å². The molecule has 2 rings (SSSR count). The number of aryl methyl sites for hydroxylation is 2. The monoisotopic (exact) mass is 273 g/mol. The Morgan fingerprint density at radius 2 is 2.15 bits per heavy atom. The summed E-state index contributed by atoms with van der Waals surface area (Å²) in [6.07, 6.45) is 3.25. The van der Waals surface area contributed by atoms with Crippen molar-refractivity contribution in [1.29, 1.82) is 0 Å². The summed E-state index contributed by atoms with van der Waals surface area (Å²) < 4.78 is 7.25. The van der Waals surface area contributed by atoms with Crippen molar-refractivity contribution in [2.75, 3.05) is 7.11 Å². The van der Waals surface area contributed by atoms with Gasteiger partial charge in [0.1, 0.15) is 5.75 Å². The molecule has 0 radical (unpaired) electrons. The number of aromatic nitrogens is 2. The highest BCUT2D eigenvalue weighted by molar-refractivity contribution is 5.28. The van der Waals surface area contributed by atoms with Crippen LogP contribution in [-0.4, -0.2) is 16.9 Å². The van der Waals surface area contributed by atoms with Gasteiger partial charge in [-0.2, -0.15) is 5.10 Å². The van der Waals surface area contributed by atoms with Gasteiger partial charge < -0.3 is 10.1 Å². The van der Waals surface area contributed by atoms with E-state index in [2.05, 4.69) is 42.6 Å². The Hall–Kier alpha value is -1.81. The summed E-state index contributed by atoms with van der Waals surface area (Å²) in [6.45, 7) is 6.88. The van der Waals surface area contributed by atoms with Crippen LogP contribution in [0, 0.1) is 6.92 Å². The maximum atomic E-state index is 5.23. The van der Waals surface area contributed by atoms with Crippen molar-refractivity contribution in [3.05, 3.63) is 47.3 Å². The molecule has 1 aromatic heterocycles. The molecule has 0 bridgehead atoms. The number of nitrogens with one attached hydrogen (secondary N) is 1. The van der Waals surface area contributed by atoms with Crippen LogP contribution in [0.25, 0.3) is 0 Å². The Kier molecular flexibility index (Phi) is 5.18. The van der Waals surface area contributed by atoms with Crippen LogP contribution >= 0.6 is 0 Å². The van der Waals surface area contributed by atoms with Crippen LogP contribution in [0.4, 0.5) is 0 Å². The summed E-state index contributed by atoms with van der Waals surface area (Å²) in [5.41, 5.74) is 3.60. The van der Waals surface area contributed by atoms with Crippen molar-refractivity contribution in [3.63, 3.8) is 0 Å². The van der Waals surface area contributed by atoms with Gasteiger partial charge >= 0.3 is 0 Å². The highest BCUT2D eigenvalue weighted by Crippen LogP contribution is 2.12. The summed E-state index contributed by atoms with van der Waals surface area (Å²) in [7, 11) is 1.69. The first-order valence-electron chi connectivity index (χ1n) is 7.09. The predicted molar refractivity (Wildman–Crippen MR) is 80.8 cm³/mol. The topological polar surface area (TPSA) is 39.1 Å². The quantitative estimate of drug-likeness (QED) is 0.843. The van der Waals surface area contributed by atoms with Gasteiger partial charge in [-0.15, -0.1) is 0 Å². The Morgan fingerprint density at radius 1 is 1.30 bits per heavy atom. The van der Waals surface area contributed by atoms with Crippen molar-refractivity contribution < 1.29 is 4.74 Å². The normalized spacial score (nSPS) is 10.8. The van der Waals surface area contributed by atoms with Gasteiger partial charge in [0.2, 0.25) is 0 Å². The minimum absolute atomic E-state index is 0.829. The van der Waals surface area contributed by atoms with Gasteiger partial charge in [-0.1, -0.05) is 19.1 Å². The first kappa shape index (κ1) is 14.6. The molecule has 4 heteroatoms. The van der Waals surface area contributed by atoms with E-state index in [0.717, 1.165) is 37.5 Å². The van der Waals surface area contributed by atoms with Crippen molar-refractivity contribution in [2.24, 2.45) is 0 Å². The van der Waals surface area contributed by atoms with Gasteiger partial charge in [-0.05, 0) is 31.0 Å². The number of rotatable bonds is 7. The van der Waals surface area contributed by atoms with E-state index in [4.69, 9.17) is 4.74 Å². The van der Waals surface area contributed by atoms with E-state index in [1.807, 2.05) is 16.8 Å². The lowest BCUT2D eigenvalue weighted by Gasteiger charge is -2.06. The molecule has 108 valence electrons. The van der Waals surface area contributed by atoms with Gasteiger partial charge in [0.25, 0.3) is 0 Å². The molecule has 20 heavy (non-hydrogen) atoms. The number of ether oxygens (including phenoxy) is 1. The molecule has 0 fully saturated rings. The van der Waals surface area contributed by atoms with E-state index in [1.165, 1.54) is 11.1 Å². The van der Waals surface area contributed by atoms with Crippen LogP contribution in [0.1, 0.15) is 30.2 Å². The fraction of sp³-hybridized carbons (Fsp3) is 0.438. The van der Waals surface area contributed by atoms with E-state index in [9.17, 15) is 0 Å². The molecule has 0 spiro atoms. The van der Waals surface area contributed by atoms with Gasteiger partial charge in [0.05, 0.1) is 12.8 Å². The average Bonchev–Trinajstić information content (AvgIpc) is 2.80. The smallest absolute Gasteiger partial charge is 0.119 e. The molecule has 1 heterocycles. The van der Waals surface area contributed by atoms with Gasteiger partial charge in [-0.25, -0.2) is 0 Å². The Morgan fingerprint density at radius 3 is 2.90 bits per heavy atom. The standard InChI is InChI=1S/C16H23N3O/c1-4-8-19-12-15(13(2)18-19)11-17-10-14-6-5-7-16(9-14)20-3/h5-7,9,12,17H,4,8,10-11H2,1-3H3. The lowest BCUT2D eigenvalue weighted by Crippen LogP contribution is -2.13. The second-order valence-corrected chi connectivity index (χ2v) is 4.96. The lowest BCUT2D eigenvalue weighted by molar-refractivity contribution is 0.414. The maximum Gasteiger partial charge on any atom is 0.119 e. The molecule has 2 aromatic rings. The summed E-state index contributed by atoms with van der Waals surface area (Å²) in [5, 5.41) is 7.97. The molecule has 0 aliphatic heterocycles. The minimum atomic E-state index is 0.829. The molecule has 0 saturated carbocycles. The van der Waals surface area contributed by atoms with Crippen molar-refractivity contribution in [2.45, 2.75) is 39.9 Å². The molecular weight excluding hydrogens is 250 g/mol. The van der Waals surface area contributed by atoms with Gasteiger partial charge in [0.15, 0.2) is 0 Å². The van der Waals surface area contributed by atoms with E-state index >= 15 is 0 Å². The molecule has 1 aromatic carbocycles. The molecule has 0 saturated heterocycles. The predicted octanol–water partition coefficient (Wildman–Crippen LogP) is 2.90. The van der Waals surface area contributed by atoms with E-state index in [0.29, 0.717) is 0 Å². The number of nitrogens with zero attached hydrogens (tertiary/aromatic N) is 2. The molecule has 1 N–H and O–H groups in total. The minimum Gasteiger partial charge on any atom is -0.497 e. The third kappa shape index (κ3) is 3.84. The maximum absolute atomic E-state index is 5.23. The molecular formula is C16H23N3O. The molecule has 0 amide bonds. The summed E-state index contributed by atoms with van der Waals surface area (Å²) >= 11 is 0. The molecule has 0 aliphatic rings. The fourth-order valence-electron chi connectivity index (χ4n) is 2.20. The molecule has 0 aliphatic carbocycles. The second kappa shape index (κ2) is 7.10. The lowest BCUT2D eigenvalue weighted by atomic mass is 10.2. The highest BCUT2D eigenvalue weighted by Gasteiger charge is 2.04. The SMILES string of the molecule is CCCn1cc(CNCc2cccc(OC)c2)c(C)n1. The number of hydrogen-bond acceptors (Lipinski definition) is 3. The molecule has 0 unspecified atom stereocenters. The summed E-state index contributed by atoms with van der Waals surface area (Å²) in [5.74, 6) is 0.899. The van der Waals surface area contributed by atoms with Crippen LogP contribution in [0.2, 0.25) is 0 Å². The highest BCUT2D eigenvalue weighted by atomic mass is 16.5. The second-order valence-electron chi connectivity index (χ2n) is 4.96. The molecule has 4 nitrogen and oxygen atoms in total. The largest absolute Gasteiger partial charge is 0.497 e. The zero-order valence-electron chi connectivity index (χ0n) is 12.5. The van der Waals surface area contributed by atoms with Gasteiger partial charge in [-0.3, -0.25) is 4.68 Å². The van der Waals surface area contributed by atoms with Crippen molar-refractivity contribution in [3.8, 4) is 5.75 Å². The zero-order chi connectivity index (χ0) is 14.4. The van der Waals surface area contributed by atoms with Crippen LogP contribution in [0.15, 0.2) is 30.5 Å². The van der Waals surface area contributed by atoms with E-state index in [-0.39, 0.29) is 0 Å². The first-order chi connectivity index (χ1) is 9.72. The van der Waals surface area contributed by atoms with Crippen LogP contribution in [0.5, 0.6) is 5.75 Å². The van der Waals surface area contributed by atoms with Gasteiger partial charge in [0, 0.05) is 31.4 Å². The van der Waals surface area contributed by atoms with E-state index in [1.54, 1.807) is 7.11 Å². The van der Waals surface area contributed by atoms with Crippen molar-refractivity contribution in [1.82, 2.24) is 15.1 Å². The summed E-state index contributed by atoms with van der Waals surface area (Å²) in [6, 6.07) is 8.13. The zero-order valence-corrected chi connectivity index (χ0v) is 12.5. The van der Waals surface area contributed by atoms with Crippen LogP contribution in [0.3, 0.4) is 0 Å². The van der Waals surface area contributed by atoms with Crippen LogP contribution < -0.4 is 10.1 Å². The number of benzene rings is 1. The Balaban J connectivity index is 1.89. The van der Waals surface area contributed by atoms with Crippen molar-refractivity contribution >= 4 is 0 Å². The van der Waals surface area contributed by atoms with E-state index < -0.39 is 0 Å². The third-order valence-corrected chi connectivity index (χ3v) is 3.28. The number of hydrogen-bond donors (Lipinski definition) is 1. The Labute approximate surface area is 120 Å². The fourth-order valence-corrected chi connectivity index (χ4v) is 2.20. The number of methoxy groups -OCH3 is 1. The molecule has 0 atom stereocenters. The first-order valence-corrected chi connectivity index (χ1v) is 7.09. The third-order valence-electron chi connectivity index (χ3n) is 3.28.